The smallest absolute Gasteiger partial charge is 0.0443 e. The molecule has 0 bridgehead atoms. The average molecular weight is 205 g/mol. The van der Waals surface area contributed by atoms with Crippen molar-refractivity contribution in [2.75, 3.05) is 19.7 Å². The molecule has 82 valence electrons. The zero-order chi connectivity index (χ0) is 10.7. The molecule has 1 aliphatic rings. The third-order valence-electron chi connectivity index (χ3n) is 3.09. The van der Waals surface area contributed by atoms with Gasteiger partial charge in [-0.25, -0.2) is 0 Å². The monoisotopic (exact) mass is 205 g/mol. The van der Waals surface area contributed by atoms with Crippen LogP contribution in [-0.4, -0.2) is 29.7 Å². The molecule has 0 amide bonds. The molecule has 2 nitrogen and oxygen atoms in total. The predicted octanol–water partition coefficient (Wildman–Crippen LogP) is 1.74. The van der Waals surface area contributed by atoms with Gasteiger partial charge in [-0.3, -0.25) is 4.90 Å². The van der Waals surface area contributed by atoms with Gasteiger partial charge < -0.3 is 5.11 Å². The molecule has 0 unspecified atom stereocenters. The van der Waals surface area contributed by atoms with Crippen molar-refractivity contribution in [2.45, 2.75) is 26.3 Å². The van der Waals surface area contributed by atoms with Crippen LogP contribution in [0, 0.1) is 6.92 Å². The molecule has 0 aromatic heterocycles. The maximum atomic E-state index is 8.81. The number of hydrogen-bond acceptors (Lipinski definition) is 2. The van der Waals surface area contributed by atoms with E-state index in [0.29, 0.717) is 6.61 Å². The molecule has 1 N–H and O–H groups in total. The molecule has 0 spiro atoms. The van der Waals surface area contributed by atoms with Crippen LogP contribution >= 0.6 is 0 Å². The summed E-state index contributed by atoms with van der Waals surface area (Å²) < 4.78 is 0. The maximum Gasteiger partial charge on any atom is 0.0443 e. The van der Waals surface area contributed by atoms with Crippen LogP contribution < -0.4 is 0 Å². The van der Waals surface area contributed by atoms with E-state index in [1.807, 2.05) is 0 Å². The normalized spacial score (nSPS) is 16.4. The number of aryl methyl sites for hydroxylation is 1. The highest BCUT2D eigenvalue weighted by Gasteiger charge is 2.15. The molecule has 1 aliphatic heterocycles. The lowest BCUT2D eigenvalue weighted by Crippen LogP contribution is -2.31. The van der Waals surface area contributed by atoms with Crippen molar-refractivity contribution in [3.8, 4) is 0 Å². The molecule has 1 aromatic rings. The third kappa shape index (κ3) is 2.58. The van der Waals surface area contributed by atoms with Crippen molar-refractivity contribution in [3.05, 3.63) is 34.9 Å². The summed E-state index contributed by atoms with van der Waals surface area (Å²) in [6, 6.07) is 6.75. The first kappa shape index (κ1) is 10.7. The highest BCUT2D eigenvalue weighted by atomic mass is 16.3. The Morgan fingerprint density at radius 3 is 3.00 bits per heavy atom. The first-order chi connectivity index (χ1) is 7.29. The van der Waals surface area contributed by atoms with E-state index < -0.39 is 0 Å². The van der Waals surface area contributed by atoms with Crippen LogP contribution in [0.15, 0.2) is 18.2 Å². The van der Waals surface area contributed by atoms with Crippen LogP contribution in [-0.2, 0) is 13.0 Å². The van der Waals surface area contributed by atoms with Crippen molar-refractivity contribution in [1.82, 2.24) is 4.90 Å². The molecule has 0 fully saturated rings. The first-order valence-corrected chi connectivity index (χ1v) is 5.71. The predicted molar refractivity (Wildman–Crippen MR) is 61.9 cm³/mol. The van der Waals surface area contributed by atoms with E-state index in [9.17, 15) is 0 Å². The Morgan fingerprint density at radius 1 is 1.33 bits per heavy atom. The average Bonchev–Trinajstić information content (AvgIpc) is 2.25. The minimum absolute atomic E-state index is 0.303. The highest BCUT2D eigenvalue weighted by molar-refractivity contribution is 5.33. The summed E-state index contributed by atoms with van der Waals surface area (Å²) in [4.78, 5) is 2.43. The van der Waals surface area contributed by atoms with Gasteiger partial charge >= 0.3 is 0 Å². The minimum Gasteiger partial charge on any atom is -0.396 e. The quantitative estimate of drug-likeness (QED) is 0.812. The van der Waals surface area contributed by atoms with Gasteiger partial charge in [0.05, 0.1) is 0 Å². The fraction of sp³-hybridized carbons (Fsp3) is 0.538. The highest BCUT2D eigenvalue weighted by Crippen LogP contribution is 2.20. The second-order valence-electron chi connectivity index (χ2n) is 4.38. The van der Waals surface area contributed by atoms with Gasteiger partial charge in [0.1, 0.15) is 0 Å². The topological polar surface area (TPSA) is 23.5 Å². The number of aliphatic hydroxyl groups excluding tert-OH is 1. The van der Waals surface area contributed by atoms with Gasteiger partial charge in [0.2, 0.25) is 0 Å². The lowest BCUT2D eigenvalue weighted by atomic mass is 9.98. The number of rotatable bonds is 3. The standard InChI is InChI=1S/C13H19NO/c1-11-3-4-12-5-7-14(6-2-8-15)10-13(12)9-11/h3-4,9,15H,2,5-8,10H2,1H3. The van der Waals surface area contributed by atoms with Gasteiger partial charge in [0.25, 0.3) is 0 Å². The summed E-state index contributed by atoms with van der Waals surface area (Å²) in [5.74, 6) is 0. The van der Waals surface area contributed by atoms with Gasteiger partial charge in [-0.15, -0.1) is 0 Å². The summed E-state index contributed by atoms with van der Waals surface area (Å²) in [5, 5.41) is 8.81. The van der Waals surface area contributed by atoms with Crippen molar-refractivity contribution in [1.29, 1.82) is 0 Å². The Kier molecular flexibility index (Phi) is 3.39. The lowest BCUT2D eigenvalue weighted by Gasteiger charge is -2.28. The van der Waals surface area contributed by atoms with Crippen molar-refractivity contribution in [3.63, 3.8) is 0 Å². The Bertz CT molecular complexity index is 335. The summed E-state index contributed by atoms with van der Waals surface area (Å²) in [7, 11) is 0. The van der Waals surface area contributed by atoms with Gasteiger partial charge in [0.15, 0.2) is 0 Å². The molecule has 0 atom stereocenters. The van der Waals surface area contributed by atoms with Crippen LogP contribution in [0.3, 0.4) is 0 Å². The third-order valence-corrected chi connectivity index (χ3v) is 3.09. The van der Waals surface area contributed by atoms with Crippen LogP contribution in [0.25, 0.3) is 0 Å². The Balaban J connectivity index is 2.05. The largest absolute Gasteiger partial charge is 0.396 e. The molecule has 0 aliphatic carbocycles. The van der Waals surface area contributed by atoms with E-state index >= 15 is 0 Å². The van der Waals surface area contributed by atoms with E-state index in [-0.39, 0.29) is 0 Å². The van der Waals surface area contributed by atoms with E-state index in [0.717, 1.165) is 32.5 Å². The van der Waals surface area contributed by atoms with Crippen molar-refractivity contribution in [2.24, 2.45) is 0 Å². The van der Waals surface area contributed by atoms with Gasteiger partial charge in [0, 0.05) is 26.2 Å². The molecule has 0 radical (unpaired) electrons. The molecular weight excluding hydrogens is 186 g/mol. The summed E-state index contributed by atoms with van der Waals surface area (Å²) in [5.41, 5.74) is 4.32. The molecule has 1 aromatic carbocycles. The van der Waals surface area contributed by atoms with Crippen LogP contribution in [0.2, 0.25) is 0 Å². The van der Waals surface area contributed by atoms with E-state index in [2.05, 4.69) is 30.0 Å². The van der Waals surface area contributed by atoms with Gasteiger partial charge in [-0.2, -0.15) is 0 Å². The van der Waals surface area contributed by atoms with Crippen LogP contribution in [0.1, 0.15) is 23.1 Å². The Labute approximate surface area is 91.5 Å². The molecule has 1 heterocycles. The summed E-state index contributed by atoms with van der Waals surface area (Å²) >= 11 is 0. The Morgan fingerprint density at radius 2 is 2.20 bits per heavy atom. The molecule has 2 heteroatoms. The number of nitrogens with zero attached hydrogens (tertiary/aromatic N) is 1. The molecule has 2 rings (SSSR count). The van der Waals surface area contributed by atoms with Crippen LogP contribution in [0.4, 0.5) is 0 Å². The first-order valence-electron chi connectivity index (χ1n) is 5.71. The number of aliphatic hydroxyl groups is 1. The van der Waals surface area contributed by atoms with Crippen molar-refractivity contribution < 1.29 is 5.11 Å². The molecule has 0 saturated carbocycles. The van der Waals surface area contributed by atoms with Crippen LogP contribution in [0.5, 0.6) is 0 Å². The summed E-state index contributed by atoms with van der Waals surface area (Å²) in [6.07, 6.45) is 2.04. The zero-order valence-corrected chi connectivity index (χ0v) is 9.37. The SMILES string of the molecule is Cc1ccc2c(c1)CN(CCCO)CC2. The van der Waals surface area contributed by atoms with Crippen molar-refractivity contribution >= 4 is 0 Å². The molecule has 15 heavy (non-hydrogen) atoms. The van der Waals surface area contributed by atoms with E-state index in [1.54, 1.807) is 0 Å². The molecular formula is C13H19NO. The maximum absolute atomic E-state index is 8.81. The molecule has 0 saturated heterocycles. The minimum atomic E-state index is 0.303. The van der Waals surface area contributed by atoms with Gasteiger partial charge in [-0.1, -0.05) is 23.8 Å². The lowest BCUT2D eigenvalue weighted by molar-refractivity contribution is 0.212. The second kappa shape index (κ2) is 4.77. The zero-order valence-electron chi connectivity index (χ0n) is 9.37. The van der Waals surface area contributed by atoms with E-state index in [4.69, 9.17) is 5.11 Å². The Hall–Kier alpha value is -0.860. The van der Waals surface area contributed by atoms with Gasteiger partial charge in [-0.05, 0) is 30.9 Å². The fourth-order valence-corrected chi connectivity index (χ4v) is 2.23. The number of hydrogen-bond donors (Lipinski definition) is 1. The summed E-state index contributed by atoms with van der Waals surface area (Å²) in [6.45, 7) is 5.65. The second-order valence-corrected chi connectivity index (χ2v) is 4.38. The number of fused-ring (bicyclic) bond motifs is 1. The number of benzene rings is 1. The van der Waals surface area contributed by atoms with E-state index in [1.165, 1.54) is 16.7 Å². The fourth-order valence-electron chi connectivity index (χ4n) is 2.23.